The molecule has 3 unspecified atom stereocenters. The van der Waals surface area contributed by atoms with E-state index >= 15 is 0 Å². The van der Waals surface area contributed by atoms with Gasteiger partial charge in [0.25, 0.3) is 0 Å². The van der Waals surface area contributed by atoms with Crippen LogP contribution in [0.2, 0.25) is 0 Å². The second-order valence-corrected chi connectivity index (χ2v) is 8.06. The molecule has 0 spiro atoms. The fourth-order valence-electron chi connectivity index (χ4n) is 3.78. The average molecular weight is 288 g/mol. The normalized spacial score (nSPS) is 34.1. The molecule has 1 saturated heterocycles. The van der Waals surface area contributed by atoms with Gasteiger partial charge in [0, 0.05) is 41.9 Å². The van der Waals surface area contributed by atoms with Gasteiger partial charge in [-0.25, -0.2) is 0 Å². The number of hydrogen-bond donors (Lipinski definition) is 1. The number of benzene rings is 1. The van der Waals surface area contributed by atoms with Crippen LogP contribution in [0.25, 0.3) is 0 Å². The van der Waals surface area contributed by atoms with Gasteiger partial charge in [-0.15, -0.1) is 11.8 Å². The minimum absolute atomic E-state index is 0.652. The molecule has 0 bridgehead atoms. The molecule has 2 fully saturated rings. The lowest BCUT2D eigenvalue weighted by atomic mass is 10.0. The van der Waals surface area contributed by atoms with E-state index in [1.165, 1.54) is 43.8 Å². The van der Waals surface area contributed by atoms with Crippen molar-refractivity contribution in [3.63, 3.8) is 0 Å². The van der Waals surface area contributed by atoms with Gasteiger partial charge in [-0.2, -0.15) is 0 Å². The van der Waals surface area contributed by atoms with Gasteiger partial charge in [0.2, 0.25) is 0 Å². The fourth-order valence-corrected chi connectivity index (χ4v) is 5.12. The van der Waals surface area contributed by atoms with E-state index in [4.69, 9.17) is 0 Å². The Balaban J connectivity index is 1.43. The van der Waals surface area contributed by atoms with Crippen LogP contribution in [0.3, 0.4) is 0 Å². The maximum Gasteiger partial charge on any atom is 0.0263 e. The predicted molar refractivity (Wildman–Crippen MR) is 85.3 cm³/mol. The molecule has 0 aromatic heterocycles. The molecule has 1 aromatic carbocycles. The van der Waals surface area contributed by atoms with E-state index < -0.39 is 0 Å². The molecule has 2 nitrogen and oxygen atoms in total. The molecule has 2 heterocycles. The molecule has 1 aromatic rings. The van der Waals surface area contributed by atoms with Crippen molar-refractivity contribution in [1.82, 2.24) is 10.2 Å². The summed E-state index contributed by atoms with van der Waals surface area (Å²) < 4.78 is 0. The van der Waals surface area contributed by atoms with Gasteiger partial charge in [-0.05, 0) is 43.7 Å². The van der Waals surface area contributed by atoms with Gasteiger partial charge in [0.15, 0.2) is 0 Å². The second-order valence-electron chi connectivity index (χ2n) is 6.72. The summed E-state index contributed by atoms with van der Waals surface area (Å²) in [7, 11) is 0. The molecule has 3 heteroatoms. The monoisotopic (exact) mass is 288 g/mol. The molecule has 3 atom stereocenters. The number of rotatable bonds is 3. The molecule has 20 heavy (non-hydrogen) atoms. The Kier molecular flexibility index (Phi) is 3.53. The van der Waals surface area contributed by atoms with Crippen LogP contribution in [-0.2, 0) is 6.42 Å². The van der Waals surface area contributed by atoms with E-state index in [-0.39, 0.29) is 0 Å². The number of piperazine rings is 1. The van der Waals surface area contributed by atoms with Crippen molar-refractivity contribution < 1.29 is 0 Å². The van der Waals surface area contributed by atoms with E-state index in [2.05, 4.69) is 53.2 Å². The summed E-state index contributed by atoms with van der Waals surface area (Å²) in [5.41, 5.74) is 1.56. The highest BCUT2D eigenvalue weighted by Gasteiger charge is 2.39. The first-order valence-corrected chi connectivity index (χ1v) is 8.89. The summed E-state index contributed by atoms with van der Waals surface area (Å²) in [5.74, 6) is 0.976. The number of hydrogen-bond acceptors (Lipinski definition) is 3. The fraction of sp³-hybridized carbons (Fsp3) is 0.647. The largest absolute Gasteiger partial charge is 0.311 e. The van der Waals surface area contributed by atoms with Gasteiger partial charge >= 0.3 is 0 Å². The first kappa shape index (κ1) is 13.2. The molecule has 1 N–H and O–H groups in total. The van der Waals surface area contributed by atoms with E-state index in [1.807, 2.05) is 0 Å². The third-order valence-corrected chi connectivity index (χ3v) is 6.27. The molecule has 0 amide bonds. The first-order chi connectivity index (χ1) is 9.79. The Morgan fingerprint density at radius 2 is 2.15 bits per heavy atom. The minimum Gasteiger partial charge on any atom is -0.311 e. The Bertz CT molecular complexity index is 461. The zero-order valence-corrected chi connectivity index (χ0v) is 13.0. The highest BCUT2D eigenvalue weighted by molar-refractivity contribution is 8.00. The highest BCUT2D eigenvalue weighted by Crippen LogP contribution is 2.40. The smallest absolute Gasteiger partial charge is 0.0263 e. The van der Waals surface area contributed by atoms with Gasteiger partial charge < -0.3 is 5.32 Å². The van der Waals surface area contributed by atoms with Gasteiger partial charge in [-0.3, -0.25) is 4.90 Å². The van der Waals surface area contributed by atoms with Crippen LogP contribution in [0.1, 0.15) is 25.3 Å². The lowest BCUT2D eigenvalue weighted by Gasteiger charge is -2.40. The maximum atomic E-state index is 3.68. The Hall–Kier alpha value is -0.510. The molecule has 1 saturated carbocycles. The summed E-state index contributed by atoms with van der Waals surface area (Å²) >= 11 is 2.10. The van der Waals surface area contributed by atoms with Crippen LogP contribution in [-0.4, -0.2) is 41.9 Å². The lowest BCUT2D eigenvalue weighted by molar-refractivity contribution is 0.120. The Morgan fingerprint density at radius 1 is 1.30 bits per heavy atom. The van der Waals surface area contributed by atoms with Crippen molar-refractivity contribution in [2.45, 2.75) is 48.4 Å². The molecule has 4 rings (SSSR count). The summed E-state index contributed by atoms with van der Waals surface area (Å²) in [4.78, 5) is 4.31. The molecular formula is C17H24N2S. The van der Waals surface area contributed by atoms with Gasteiger partial charge in [0.1, 0.15) is 0 Å². The van der Waals surface area contributed by atoms with Crippen LogP contribution >= 0.6 is 11.8 Å². The maximum absolute atomic E-state index is 3.68. The summed E-state index contributed by atoms with van der Waals surface area (Å²) in [6.07, 6.45) is 4.17. The zero-order valence-electron chi connectivity index (χ0n) is 12.2. The Labute approximate surface area is 126 Å². The molecule has 1 aliphatic carbocycles. The predicted octanol–water partition coefficient (Wildman–Crippen LogP) is 2.78. The van der Waals surface area contributed by atoms with E-state index in [0.29, 0.717) is 6.04 Å². The van der Waals surface area contributed by atoms with Crippen molar-refractivity contribution in [3.05, 3.63) is 29.8 Å². The van der Waals surface area contributed by atoms with Crippen molar-refractivity contribution in [1.29, 1.82) is 0 Å². The third kappa shape index (κ3) is 2.63. The summed E-state index contributed by atoms with van der Waals surface area (Å²) in [6, 6.07) is 10.4. The molecule has 0 radical (unpaired) electrons. The van der Waals surface area contributed by atoms with Crippen molar-refractivity contribution in [2.75, 3.05) is 19.6 Å². The average Bonchev–Trinajstić information content (AvgIpc) is 3.18. The van der Waals surface area contributed by atoms with Gasteiger partial charge in [-0.1, -0.05) is 18.2 Å². The quantitative estimate of drug-likeness (QED) is 0.921. The second kappa shape index (κ2) is 5.36. The number of fused-ring (bicyclic) bond motifs is 1. The number of nitrogens with zero attached hydrogens (tertiary/aromatic N) is 1. The summed E-state index contributed by atoms with van der Waals surface area (Å²) in [6.45, 7) is 6.03. The number of nitrogens with one attached hydrogen (secondary N) is 1. The highest BCUT2D eigenvalue weighted by atomic mass is 32.2. The molecule has 108 valence electrons. The molecule has 2 aliphatic heterocycles. The van der Waals surface area contributed by atoms with Crippen molar-refractivity contribution in [2.24, 2.45) is 5.92 Å². The van der Waals surface area contributed by atoms with E-state index in [9.17, 15) is 0 Å². The lowest BCUT2D eigenvalue weighted by Crippen LogP contribution is -2.57. The minimum atomic E-state index is 0.652. The molecule has 3 aliphatic rings. The standard InChI is InChI=1S/C17H24N2S/c1-12-10-19(16(9-18-12)13-6-7-13)11-15-8-14-4-2-3-5-17(14)20-15/h2-5,12-13,15-16,18H,6-11H2,1H3. The van der Waals surface area contributed by atoms with Crippen molar-refractivity contribution >= 4 is 11.8 Å². The Morgan fingerprint density at radius 3 is 2.95 bits per heavy atom. The van der Waals surface area contributed by atoms with E-state index in [1.54, 1.807) is 5.56 Å². The topological polar surface area (TPSA) is 15.3 Å². The van der Waals surface area contributed by atoms with E-state index in [0.717, 1.165) is 17.2 Å². The van der Waals surface area contributed by atoms with Crippen LogP contribution in [0.5, 0.6) is 0 Å². The number of thioether (sulfide) groups is 1. The summed E-state index contributed by atoms with van der Waals surface area (Å²) in [5, 5.41) is 4.44. The zero-order chi connectivity index (χ0) is 13.5. The van der Waals surface area contributed by atoms with Crippen LogP contribution in [0.15, 0.2) is 29.2 Å². The van der Waals surface area contributed by atoms with Crippen molar-refractivity contribution in [3.8, 4) is 0 Å². The van der Waals surface area contributed by atoms with Crippen LogP contribution in [0, 0.1) is 5.92 Å². The van der Waals surface area contributed by atoms with Gasteiger partial charge in [0.05, 0.1) is 0 Å². The molecular weight excluding hydrogens is 264 g/mol. The van der Waals surface area contributed by atoms with Crippen LogP contribution in [0.4, 0.5) is 0 Å². The first-order valence-electron chi connectivity index (χ1n) is 8.01. The SMILES string of the molecule is CC1CN(CC2Cc3ccccc3S2)C(C2CC2)CN1. The van der Waals surface area contributed by atoms with Crippen LogP contribution < -0.4 is 5.32 Å². The third-order valence-electron chi connectivity index (χ3n) is 4.97.